The maximum atomic E-state index is 11.1. The fraction of sp³-hybridized carbons (Fsp3) is 0.588. The Bertz CT molecular complexity index is 480. The number of hydrogen-bond acceptors (Lipinski definition) is 4. The molecule has 0 amide bonds. The summed E-state index contributed by atoms with van der Waals surface area (Å²) in [5.41, 5.74) is 1.32. The fourth-order valence-electron chi connectivity index (χ4n) is 3.02. The molecule has 2 aliphatic heterocycles. The fourth-order valence-corrected chi connectivity index (χ4v) is 4.14. The van der Waals surface area contributed by atoms with Gasteiger partial charge in [-0.2, -0.15) is 0 Å². The first-order valence-electron chi connectivity index (χ1n) is 7.84. The monoisotopic (exact) mass is 305 g/mol. The van der Waals surface area contributed by atoms with E-state index in [-0.39, 0.29) is 12.1 Å². The van der Waals surface area contributed by atoms with Gasteiger partial charge < -0.3 is 4.74 Å². The maximum Gasteiger partial charge on any atom is 0.306 e. The molecule has 4 heteroatoms. The summed E-state index contributed by atoms with van der Waals surface area (Å²) < 4.78 is 5.31. The number of thioether (sulfide) groups is 1. The van der Waals surface area contributed by atoms with Gasteiger partial charge in [0.15, 0.2) is 0 Å². The van der Waals surface area contributed by atoms with Crippen molar-refractivity contribution in [1.29, 1.82) is 0 Å². The minimum Gasteiger partial charge on any atom is -0.461 e. The van der Waals surface area contributed by atoms with Gasteiger partial charge in [-0.05, 0) is 51.4 Å². The molecule has 21 heavy (non-hydrogen) atoms. The maximum absolute atomic E-state index is 11.1. The highest BCUT2D eigenvalue weighted by Gasteiger charge is 2.27. The van der Waals surface area contributed by atoms with Crippen LogP contribution in [0.1, 0.15) is 31.2 Å². The zero-order valence-corrected chi connectivity index (χ0v) is 13.4. The van der Waals surface area contributed by atoms with Gasteiger partial charge in [0.05, 0.1) is 0 Å². The second kappa shape index (κ2) is 6.84. The van der Waals surface area contributed by atoms with Gasteiger partial charge in [-0.1, -0.05) is 17.7 Å². The zero-order valence-electron chi connectivity index (χ0n) is 12.6. The molecule has 114 valence electrons. The van der Waals surface area contributed by atoms with Crippen LogP contribution in [0.5, 0.6) is 0 Å². The van der Waals surface area contributed by atoms with E-state index < -0.39 is 0 Å². The van der Waals surface area contributed by atoms with Gasteiger partial charge in [0.25, 0.3) is 0 Å². The third kappa shape index (κ3) is 4.24. The number of cyclic esters (lactones) is 1. The molecule has 2 aliphatic rings. The minimum atomic E-state index is -0.0233. The van der Waals surface area contributed by atoms with Crippen LogP contribution in [0.3, 0.4) is 0 Å². The summed E-state index contributed by atoms with van der Waals surface area (Å²) in [4.78, 5) is 15.0. The number of aryl methyl sites for hydroxylation is 1. The summed E-state index contributed by atoms with van der Waals surface area (Å²) >= 11 is 2.01. The summed E-state index contributed by atoms with van der Waals surface area (Å²) in [5.74, 6) is -0.0233. The van der Waals surface area contributed by atoms with Gasteiger partial charge in [0.1, 0.15) is 6.10 Å². The Labute approximate surface area is 131 Å². The summed E-state index contributed by atoms with van der Waals surface area (Å²) in [6.45, 7) is 5.30. The van der Waals surface area contributed by atoms with Crippen LogP contribution in [-0.4, -0.2) is 41.9 Å². The molecule has 2 heterocycles. The second-order valence-corrected chi connectivity index (χ2v) is 7.46. The van der Waals surface area contributed by atoms with Crippen LogP contribution < -0.4 is 0 Å². The number of hydrogen-bond donors (Lipinski definition) is 0. The highest BCUT2D eigenvalue weighted by atomic mass is 32.2. The molecule has 2 saturated heterocycles. The van der Waals surface area contributed by atoms with Gasteiger partial charge in [0, 0.05) is 23.1 Å². The van der Waals surface area contributed by atoms with Crippen LogP contribution in [0.25, 0.3) is 0 Å². The Balaban J connectivity index is 1.42. The molecule has 2 fully saturated rings. The van der Waals surface area contributed by atoms with E-state index in [9.17, 15) is 4.79 Å². The van der Waals surface area contributed by atoms with Crippen molar-refractivity contribution in [3.63, 3.8) is 0 Å². The first-order valence-corrected chi connectivity index (χ1v) is 8.72. The highest BCUT2D eigenvalue weighted by molar-refractivity contribution is 8.00. The molecule has 1 unspecified atom stereocenters. The Morgan fingerprint density at radius 1 is 1.19 bits per heavy atom. The molecule has 0 aromatic heterocycles. The summed E-state index contributed by atoms with van der Waals surface area (Å²) in [7, 11) is 0. The summed E-state index contributed by atoms with van der Waals surface area (Å²) in [5, 5.41) is 0.718. The molecule has 1 atom stereocenters. The van der Waals surface area contributed by atoms with Gasteiger partial charge in [0.2, 0.25) is 0 Å². The van der Waals surface area contributed by atoms with E-state index in [0.29, 0.717) is 6.42 Å². The van der Waals surface area contributed by atoms with E-state index in [1.807, 2.05) is 11.8 Å². The van der Waals surface area contributed by atoms with Crippen molar-refractivity contribution in [2.24, 2.45) is 0 Å². The Kier molecular flexibility index (Phi) is 4.86. The van der Waals surface area contributed by atoms with Crippen molar-refractivity contribution < 1.29 is 9.53 Å². The summed E-state index contributed by atoms with van der Waals surface area (Å²) in [6.07, 6.45) is 4.08. The Morgan fingerprint density at radius 3 is 2.52 bits per heavy atom. The van der Waals surface area contributed by atoms with E-state index in [0.717, 1.165) is 31.3 Å². The van der Waals surface area contributed by atoms with E-state index in [1.165, 1.54) is 23.3 Å². The number of benzene rings is 1. The lowest BCUT2D eigenvalue weighted by atomic mass is 10.1. The average Bonchev–Trinajstić information content (AvgIpc) is 2.89. The lowest BCUT2D eigenvalue weighted by Crippen LogP contribution is -2.39. The molecule has 0 radical (unpaired) electrons. The largest absolute Gasteiger partial charge is 0.461 e. The highest BCUT2D eigenvalue weighted by Crippen LogP contribution is 2.30. The van der Waals surface area contributed by atoms with E-state index in [4.69, 9.17) is 4.74 Å². The van der Waals surface area contributed by atoms with E-state index in [1.54, 1.807) is 0 Å². The third-order valence-electron chi connectivity index (χ3n) is 4.29. The lowest BCUT2D eigenvalue weighted by Gasteiger charge is -2.32. The van der Waals surface area contributed by atoms with E-state index in [2.05, 4.69) is 36.1 Å². The molecule has 0 saturated carbocycles. The van der Waals surface area contributed by atoms with Gasteiger partial charge >= 0.3 is 5.97 Å². The lowest BCUT2D eigenvalue weighted by molar-refractivity contribution is -0.142. The number of rotatable bonds is 4. The number of esters is 1. The van der Waals surface area contributed by atoms with Crippen molar-refractivity contribution >= 4 is 17.7 Å². The first kappa shape index (κ1) is 14.9. The molecular weight excluding hydrogens is 282 g/mol. The summed E-state index contributed by atoms with van der Waals surface area (Å²) in [6, 6.07) is 8.83. The number of piperidine rings is 1. The van der Waals surface area contributed by atoms with Crippen LogP contribution in [0.4, 0.5) is 0 Å². The van der Waals surface area contributed by atoms with Crippen LogP contribution in [0, 0.1) is 6.92 Å². The molecule has 3 rings (SSSR count). The number of nitrogens with zero attached hydrogens (tertiary/aromatic N) is 1. The smallest absolute Gasteiger partial charge is 0.306 e. The van der Waals surface area contributed by atoms with Crippen LogP contribution in [0.2, 0.25) is 0 Å². The molecule has 1 aromatic rings. The zero-order chi connectivity index (χ0) is 14.7. The molecule has 0 aliphatic carbocycles. The molecule has 0 bridgehead atoms. The van der Waals surface area contributed by atoms with Crippen molar-refractivity contribution in [2.75, 3.05) is 19.6 Å². The van der Waals surface area contributed by atoms with Gasteiger partial charge in [-0.15, -0.1) is 11.8 Å². The van der Waals surface area contributed by atoms with Crippen molar-refractivity contribution in [1.82, 2.24) is 4.90 Å². The van der Waals surface area contributed by atoms with Gasteiger partial charge in [-0.25, -0.2) is 0 Å². The molecular formula is C17H23NO2S. The predicted octanol–water partition coefficient (Wildman–Crippen LogP) is 3.26. The van der Waals surface area contributed by atoms with E-state index >= 15 is 0 Å². The van der Waals surface area contributed by atoms with Crippen molar-refractivity contribution in [3.05, 3.63) is 29.8 Å². The minimum absolute atomic E-state index is 0.0233. The SMILES string of the molecule is Cc1ccc(SC2CCN(CC3CCC(=O)O3)CC2)cc1. The average molecular weight is 305 g/mol. The number of ether oxygens (including phenoxy) is 1. The number of likely N-dealkylation sites (tertiary alicyclic amines) is 1. The Morgan fingerprint density at radius 2 is 1.90 bits per heavy atom. The van der Waals surface area contributed by atoms with Crippen molar-refractivity contribution in [3.8, 4) is 0 Å². The van der Waals surface area contributed by atoms with Crippen molar-refractivity contribution in [2.45, 2.75) is 48.9 Å². The quantitative estimate of drug-likeness (QED) is 0.799. The van der Waals surface area contributed by atoms with Crippen LogP contribution in [-0.2, 0) is 9.53 Å². The normalized spacial score (nSPS) is 24.2. The second-order valence-electron chi connectivity index (χ2n) is 6.08. The molecule has 0 N–H and O–H groups in total. The Hall–Kier alpha value is -1.00. The molecule has 1 aromatic carbocycles. The van der Waals surface area contributed by atoms with Crippen LogP contribution >= 0.6 is 11.8 Å². The molecule has 0 spiro atoms. The predicted molar refractivity (Wildman–Crippen MR) is 85.6 cm³/mol. The number of carbonyl (C=O) groups excluding carboxylic acids is 1. The van der Waals surface area contributed by atoms with Gasteiger partial charge in [-0.3, -0.25) is 9.69 Å². The first-order chi connectivity index (χ1) is 10.2. The topological polar surface area (TPSA) is 29.5 Å². The van der Waals surface area contributed by atoms with Crippen LogP contribution in [0.15, 0.2) is 29.2 Å². The third-order valence-corrected chi connectivity index (χ3v) is 5.64. The number of carbonyl (C=O) groups is 1. The standard InChI is InChI=1S/C17H23NO2S/c1-13-2-5-15(6-3-13)21-16-8-10-18(11-9-16)12-14-4-7-17(19)20-14/h2-3,5-6,14,16H,4,7-12H2,1H3. The molecule has 3 nitrogen and oxygen atoms in total.